The van der Waals surface area contributed by atoms with Gasteiger partial charge in [0.1, 0.15) is 5.75 Å². The molecule has 0 aromatic heterocycles. The summed E-state index contributed by atoms with van der Waals surface area (Å²) in [5.74, 6) is -0.0518. The number of carbonyl (C=O) groups is 2. The highest BCUT2D eigenvalue weighted by Crippen LogP contribution is 2.17. The zero-order valence-electron chi connectivity index (χ0n) is 14.4. The maximum Gasteiger partial charge on any atom is 0.343 e. The second kappa shape index (κ2) is 8.08. The molecule has 0 saturated heterocycles. The van der Waals surface area contributed by atoms with Gasteiger partial charge in [0.25, 0.3) is 0 Å². The van der Waals surface area contributed by atoms with Crippen LogP contribution < -0.4 is 4.74 Å². The summed E-state index contributed by atoms with van der Waals surface area (Å²) in [7, 11) is 0. The molecule has 3 rings (SSSR count). The highest BCUT2D eigenvalue weighted by Gasteiger charge is 2.08. The van der Waals surface area contributed by atoms with Crippen LogP contribution in [0.25, 0.3) is 6.08 Å². The van der Waals surface area contributed by atoms with Gasteiger partial charge in [-0.2, -0.15) is 0 Å². The highest BCUT2D eigenvalue weighted by atomic mass is 16.5. The van der Waals surface area contributed by atoms with Crippen molar-refractivity contribution in [1.82, 2.24) is 0 Å². The first-order chi connectivity index (χ1) is 12.6. The van der Waals surface area contributed by atoms with Gasteiger partial charge in [-0.25, -0.2) is 4.79 Å². The number of hydrogen-bond acceptors (Lipinski definition) is 3. The molecule has 0 fully saturated rings. The summed E-state index contributed by atoms with van der Waals surface area (Å²) in [5.41, 5.74) is 2.99. The van der Waals surface area contributed by atoms with E-state index in [4.69, 9.17) is 4.74 Å². The summed E-state index contributed by atoms with van der Waals surface area (Å²) < 4.78 is 5.41. The molecule has 0 unspecified atom stereocenters. The molecule has 3 aromatic rings. The molecule has 0 atom stereocenters. The van der Waals surface area contributed by atoms with Gasteiger partial charge in [-0.15, -0.1) is 0 Å². The summed E-state index contributed by atoms with van der Waals surface area (Å²) in [6.45, 7) is 1.96. The van der Waals surface area contributed by atoms with Gasteiger partial charge in [-0.3, -0.25) is 4.79 Å². The van der Waals surface area contributed by atoms with Gasteiger partial charge in [0.05, 0.1) is 5.56 Å². The number of hydrogen-bond donors (Lipinski definition) is 0. The predicted molar refractivity (Wildman–Crippen MR) is 102 cm³/mol. The molecule has 0 aliphatic rings. The summed E-state index contributed by atoms with van der Waals surface area (Å²) in [5, 5.41) is 0. The van der Waals surface area contributed by atoms with Crippen LogP contribution in [0.15, 0.2) is 84.9 Å². The first kappa shape index (κ1) is 17.4. The Bertz CT molecular complexity index is 939. The Balaban J connectivity index is 1.70. The van der Waals surface area contributed by atoms with Crippen molar-refractivity contribution in [3.63, 3.8) is 0 Å². The predicted octanol–water partition coefficient (Wildman–Crippen LogP) is 5.11. The summed E-state index contributed by atoms with van der Waals surface area (Å²) in [6, 6.07) is 23.3. The van der Waals surface area contributed by atoms with Crippen molar-refractivity contribution in [2.75, 3.05) is 0 Å². The Labute approximate surface area is 152 Å². The SMILES string of the molecule is Cc1ccc(C(=O)Oc2cccc(/C=C/C(=O)c3ccccc3)c2)cc1. The molecule has 0 amide bonds. The zero-order chi connectivity index (χ0) is 18.4. The zero-order valence-corrected chi connectivity index (χ0v) is 14.4. The van der Waals surface area contributed by atoms with Crippen LogP contribution >= 0.6 is 0 Å². The summed E-state index contributed by atoms with van der Waals surface area (Å²) in [4.78, 5) is 24.3. The first-order valence-electron chi connectivity index (χ1n) is 8.28. The van der Waals surface area contributed by atoms with E-state index in [0.29, 0.717) is 16.9 Å². The molecule has 0 spiro atoms. The molecule has 3 heteroatoms. The van der Waals surface area contributed by atoms with Crippen LogP contribution in [0, 0.1) is 6.92 Å². The number of carbonyl (C=O) groups excluding carboxylic acids is 2. The average molecular weight is 342 g/mol. The monoisotopic (exact) mass is 342 g/mol. The van der Waals surface area contributed by atoms with Crippen molar-refractivity contribution < 1.29 is 14.3 Å². The van der Waals surface area contributed by atoms with E-state index in [2.05, 4.69) is 0 Å². The molecule has 0 aliphatic heterocycles. The third kappa shape index (κ3) is 4.54. The molecular weight excluding hydrogens is 324 g/mol. The second-order valence-corrected chi connectivity index (χ2v) is 5.89. The van der Waals surface area contributed by atoms with Gasteiger partial charge in [-0.05, 0) is 42.8 Å². The fraction of sp³-hybridized carbons (Fsp3) is 0.0435. The molecule has 0 saturated carbocycles. The number of benzene rings is 3. The maximum atomic E-state index is 12.2. The summed E-state index contributed by atoms with van der Waals surface area (Å²) >= 11 is 0. The lowest BCUT2D eigenvalue weighted by Crippen LogP contribution is -2.08. The quantitative estimate of drug-likeness (QED) is 0.280. The van der Waals surface area contributed by atoms with Gasteiger partial charge in [0.2, 0.25) is 0 Å². The van der Waals surface area contributed by atoms with Crippen molar-refractivity contribution in [1.29, 1.82) is 0 Å². The van der Waals surface area contributed by atoms with Crippen molar-refractivity contribution >= 4 is 17.8 Å². The first-order valence-corrected chi connectivity index (χ1v) is 8.28. The lowest BCUT2D eigenvalue weighted by atomic mass is 10.1. The van der Waals surface area contributed by atoms with Crippen LogP contribution in [0.1, 0.15) is 31.8 Å². The molecular formula is C23H18O3. The largest absolute Gasteiger partial charge is 0.423 e. The normalized spacial score (nSPS) is 10.7. The molecule has 3 aromatic carbocycles. The van der Waals surface area contributed by atoms with Crippen molar-refractivity contribution in [3.8, 4) is 5.75 Å². The van der Waals surface area contributed by atoms with E-state index >= 15 is 0 Å². The van der Waals surface area contributed by atoms with Crippen LogP contribution in [0.3, 0.4) is 0 Å². The van der Waals surface area contributed by atoms with E-state index in [-0.39, 0.29) is 5.78 Å². The van der Waals surface area contributed by atoms with Crippen LogP contribution in [-0.2, 0) is 0 Å². The second-order valence-electron chi connectivity index (χ2n) is 5.89. The smallest absolute Gasteiger partial charge is 0.343 e. The minimum atomic E-state index is -0.411. The Morgan fingerprint density at radius 3 is 2.27 bits per heavy atom. The summed E-state index contributed by atoms with van der Waals surface area (Å²) in [6.07, 6.45) is 3.22. The fourth-order valence-corrected chi connectivity index (χ4v) is 2.41. The van der Waals surface area contributed by atoms with E-state index in [1.165, 1.54) is 6.08 Å². The van der Waals surface area contributed by atoms with E-state index < -0.39 is 5.97 Å². The number of ether oxygens (including phenoxy) is 1. The van der Waals surface area contributed by atoms with Crippen molar-refractivity contribution in [2.24, 2.45) is 0 Å². The molecule has 0 radical (unpaired) electrons. The standard InChI is InChI=1S/C23H18O3/c1-17-10-13-20(14-11-17)23(25)26-21-9-5-6-18(16-21)12-15-22(24)19-7-3-2-4-8-19/h2-16H,1H3/b15-12+. The molecule has 128 valence electrons. The van der Waals surface area contributed by atoms with E-state index in [0.717, 1.165) is 11.1 Å². The Morgan fingerprint density at radius 2 is 1.54 bits per heavy atom. The molecule has 26 heavy (non-hydrogen) atoms. The van der Waals surface area contributed by atoms with Crippen LogP contribution in [0.2, 0.25) is 0 Å². The third-order valence-electron chi connectivity index (χ3n) is 3.84. The van der Waals surface area contributed by atoms with E-state index in [1.54, 1.807) is 48.5 Å². The molecule has 0 heterocycles. The van der Waals surface area contributed by atoms with Crippen molar-refractivity contribution in [2.45, 2.75) is 6.92 Å². The third-order valence-corrected chi connectivity index (χ3v) is 3.84. The van der Waals surface area contributed by atoms with Gasteiger partial charge in [-0.1, -0.05) is 66.2 Å². The fourth-order valence-electron chi connectivity index (χ4n) is 2.41. The molecule has 3 nitrogen and oxygen atoms in total. The van der Waals surface area contributed by atoms with Crippen LogP contribution in [-0.4, -0.2) is 11.8 Å². The number of rotatable bonds is 5. The highest BCUT2D eigenvalue weighted by molar-refractivity contribution is 6.06. The Hall–Kier alpha value is -3.46. The minimum absolute atomic E-state index is 0.0762. The lowest BCUT2D eigenvalue weighted by Gasteiger charge is -2.05. The van der Waals surface area contributed by atoms with E-state index in [1.807, 2.05) is 43.3 Å². The van der Waals surface area contributed by atoms with Gasteiger partial charge >= 0.3 is 5.97 Å². The maximum absolute atomic E-state index is 12.2. The molecule has 0 bridgehead atoms. The topological polar surface area (TPSA) is 43.4 Å². The van der Waals surface area contributed by atoms with Crippen LogP contribution in [0.5, 0.6) is 5.75 Å². The lowest BCUT2D eigenvalue weighted by molar-refractivity contribution is 0.0734. The molecule has 0 N–H and O–H groups in total. The van der Waals surface area contributed by atoms with Crippen LogP contribution in [0.4, 0.5) is 0 Å². The number of esters is 1. The Morgan fingerprint density at radius 1 is 0.808 bits per heavy atom. The number of aryl methyl sites for hydroxylation is 1. The number of allylic oxidation sites excluding steroid dienone is 1. The van der Waals surface area contributed by atoms with Gasteiger partial charge in [0.15, 0.2) is 5.78 Å². The van der Waals surface area contributed by atoms with Gasteiger partial charge in [0, 0.05) is 5.56 Å². The van der Waals surface area contributed by atoms with Crippen molar-refractivity contribution in [3.05, 3.63) is 107 Å². The van der Waals surface area contributed by atoms with E-state index in [9.17, 15) is 9.59 Å². The van der Waals surface area contributed by atoms with Gasteiger partial charge < -0.3 is 4.74 Å². The minimum Gasteiger partial charge on any atom is -0.423 e. The molecule has 0 aliphatic carbocycles. The average Bonchev–Trinajstić information content (AvgIpc) is 2.67. The number of ketones is 1. The Kier molecular flexibility index (Phi) is 5.40.